The third-order valence-corrected chi connectivity index (χ3v) is 4.86. The third-order valence-electron chi connectivity index (χ3n) is 4.86. The summed E-state index contributed by atoms with van der Waals surface area (Å²) in [6.07, 6.45) is 0.0523. The second-order valence-corrected chi connectivity index (χ2v) is 6.43. The van der Waals surface area contributed by atoms with Crippen molar-refractivity contribution in [2.75, 3.05) is 44.2 Å². The fraction of sp³-hybridized carbons (Fsp3) is 0.500. The summed E-state index contributed by atoms with van der Waals surface area (Å²) in [5, 5.41) is 2.74. The van der Waals surface area contributed by atoms with Gasteiger partial charge < -0.3 is 20.0 Å². The molecule has 2 saturated heterocycles. The highest BCUT2D eigenvalue weighted by atomic mass is 16.2. The molecule has 1 N–H and O–H groups in total. The maximum Gasteiger partial charge on any atom is 0.243 e. The van der Waals surface area contributed by atoms with Gasteiger partial charge in [0.25, 0.3) is 0 Å². The van der Waals surface area contributed by atoms with Gasteiger partial charge in [-0.3, -0.25) is 14.4 Å². The maximum absolute atomic E-state index is 12.6. The van der Waals surface area contributed by atoms with E-state index in [0.717, 1.165) is 18.8 Å². The Hall–Kier alpha value is -2.57. The lowest BCUT2D eigenvalue weighted by Crippen LogP contribution is -2.58. The Morgan fingerprint density at radius 2 is 1.76 bits per heavy atom. The second kappa shape index (κ2) is 7.55. The second-order valence-electron chi connectivity index (χ2n) is 6.43. The highest BCUT2D eigenvalue weighted by molar-refractivity contribution is 5.92. The Kier molecular flexibility index (Phi) is 5.21. The van der Waals surface area contributed by atoms with Crippen molar-refractivity contribution in [3.05, 3.63) is 30.3 Å². The molecule has 3 amide bonds. The van der Waals surface area contributed by atoms with Gasteiger partial charge in [-0.2, -0.15) is 0 Å². The van der Waals surface area contributed by atoms with Crippen LogP contribution in [0.15, 0.2) is 30.3 Å². The Balaban J connectivity index is 1.57. The van der Waals surface area contributed by atoms with Crippen molar-refractivity contribution in [3.8, 4) is 0 Å². The van der Waals surface area contributed by atoms with Crippen molar-refractivity contribution in [1.29, 1.82) is 0 Å². The van der Waals surface area contributed by atoms with Gasteiger partial charge in [0.2, 0.25) is 17.7 Å². The molecule has 2 aliphatic heterocycles. The van der Waals surface area contributed by atoms with Crippen molar-refractivity contribution in [3.63, 3.8) is 0 Å². The predicted molar refractivity (Wildman–Crippen MR) is 94.0 cm³/mol. The summed E-state index contributed by atoms with van der Waals surface area (Å²) in [5.41, 5.74) is 1.16. The minimum Gasteiger partial charge on any atom is -0.368 e. The van der Waals surface area contributed by atoms with Gasteiger partial charge in [0.1, 0.15) is 6.04 Å². The quantitative estimate of drug-likeness (QED) is 0.842. The number of hydrogen-bond donors (Lipinski definition) is 1. The van der Waals surface area contributed by atoms with Gasteiger partial charge in [-0.25, -0.2) is 0 Å². The van der Waals surface area contributed by atoms with E-state index in [-0.39, 0.29) is 24.1 Å². The minimum atomic E-state index is -0.689. The first-order valence-electron chi connectivity index (χ1n) is 8.69. The van der Waals surface area contributed by atoms with Gasteiger partial charge in [0.05, 0.1) is 6.42 Å². The number of nitrogens with zero attached hydrogens (tertiary/aromatic N) is 3. The van der Waals surface area contributed by atoms with Crippen LogP contribution in [0.4, 0.5) is 5.69 Å². The zero-order chi connectivity index (χ0) is 17.8. The Morgan fingerprint density at radius 1 is 1.08 bits per heavy atom. The summed E-state index contributed by atoms with van der Waals surface area (Å²) >= 11 is 0. The van der Waals surface area contributed by atoms with Gasteiger partial charge in [0.15, 0.2) is 0 Å². The Labute approximate surface area is 147 Å². The fourth-order valence-corrected chi connectivity index (χ4v) is 3.44. The molecule has 7 heteroatoms. The maximum atomic E-state index is 12.6. The van der Waals surface area contributed by atoms with Gasteiger partial charge in [-0.1, -0.05) is 18.2 Å². The first-order valence-corrected chi connectivity index (χ1v) is 8.69. The van der Waals surface area contributed by atoms with Crippen LogP contribution in [-0.4, -0.2) is 72.8 Å². The van der Waals surface area contributed by atoms with Gasteiger partial charge in [-0.05, 0) is 12.1 Å². The average Bonchev–Trinajstić information content (AvgIpc) is 2.64. The first-order chi connectivity index (χ1) is 12.1. The van der Waals surface area contributed by atoms with Crippen LogP contribution < -0.4 is 10.2 Å². The normalized spacial score (nSPS) is 21.1. The molecule has 1 atom stereocenters. The van der Waals surface area contributed by atoms with Crippen LogP contribution in [0.25, 0.3) is 0 Å². The van der Waals surface area contributed by atoms with Crippen molar-refractivity contribution in [2.24, 2.45) is 0 Å². The molecular weight excluding hydrogens is 320 g/mol. The number of amides is 3. The lowest BCUT2D eigenvalue weighted by atomic mass is 10.1. The highest BCUT2D eigenvalue weighted by Gasteiger charge is 2.34. The number of benzene rings is 1. The van der Waals surface area contributed by atoms with Gasteiger partial charge in [-0.15, -0.1) is 0 Å². The molecule has 0 spiro atoms. The summed E-state index contributed by atoms with van der Waals surface area (Å²) in [4.78, 5) is 42.0. The van der Waals surface area contributed by atoms with Crippen LogP contribution in [0, 0.1) is 0 Å². The number of hydrogen-bond acceptors (Lipinski definition) is 4. The molecular formula is C18H24N4O3. The van der Waals surface area contributed by atoms with E-state index >= 15 is 0 Å². The van der Waals surface area contributed by atoms with Crippen LogP contribution in [0.1, 0.15) is 13.3 Å². The van der Waals surface area contributed by atoms with Gasteiger partial charge in [0, 0.05) is 51.9 Å². The minimum absolute atomic E-state index is 0.0523. The largest absolute Gasteiger partial charge is 0.368 e. The third kappa shape index (κ3) is 3.92. The Bertz CT molecular complexity index is 641. The van der Waals surface area contributed by atoms with Crippen molar-refractivity contribution < 1.29 is 14.4 Å². The number of piperazine rings is 2. The van der Waals surface area contributed by atoms with Crippen molar-refractivity contribution >= 4 is 23.4 Å². The SMILES string of the molecule is CC(=O)N1CCNC(=O)[C@H]1CC(=O)N1CCN(c2ccccc2)CC1. The highest BCUT2D eigenvalue weighted by Crippen LogP contribution is 2.17. The molecule has 3 rings (SSSR count). The topological polar surface area (TPSA) is 73.0 Å². The van der Waals surface area contributed by atoms with Crippen LogP contribution in [0.5, 0.6) is 0 Å². The summed E-state index contributed by atoms with van der Waals surface area (Å²) in [5.74, 6) is -0.472. The molecule has 0 aliphatic carbocycles. The van der Waals surface area contributed by atoms with E-state index in [2.05, 4.69) is 22.3 Å². The molecule has 1 aromatic carbocycles. The van der Waals surface area contributed by atoms with Crippen LogP contribution in [0.3, 0.4) is 0 Å². The lowest BCUT2D eigenvalue weighted by molar-refractivity contribution is -0.145. The van der Waals surface area contributed by atoms with Crippen LogP contribution in [0.2, 0.25) is 0 Å². The summed E-state index contributed by atoms with van der Waals surface area (Å²) < 4.78 is 0. The predicted octanol–water partition coefficient (Wildman–Crippen LogP) is 0.0722. The Morgan fingerprint density at radius 3 is 2.40 bits per heavy atom. The molecule has 134 valence electrons. The van der Waals surface area contributed by atoms with Crippen molar-refractivity contribution in [1.82, 2.24) is 15.1 Å². The van der Waals surface area contributed by atoms with E-state index in [1.165, 1.54) is 11.8 Å². The molecule has 0 aromatic heterocycles. The number of nitrogens with one attached hydrogen (secondary N) is 1. The molecule has 0 radical (unpaired) electrons. The molecule has 0 bridgehead atoms. The van der Waals surface area contributed by atoms with E-state index in [0.29, 0.717) is 26.2 Å². The molecule has 0 saturated carbocycles. The van der Waals surface area contributed by atoms with Crippen LogP contribution in [-0.2, 0) is 14.4 Å². The van der Waals surface area contributed by atoms with Gasteiger partial charge >= 0.3 is 0 Å². The summed E-state index contributed by atoms with van der Waals surface area (Å²) in [6.45, 7) is 5.13. The summed E-state index contributed by atoms with van der Waals surface area (Å²) in [6, 6.07) is 9.43. The molecule has 25 heavy (non-hydrogen) atoms. The molecule has 0 unspecified atom stereocenters. The molecule has 7 nitrogen and oxygen atoms in total. The number of para-hydroxylation sites is 1. The van der Waals surface area contributed by atoms with E-state index < -0.39 is 6.04 Å². The van der Waals surface area contributed by atoms with E-state index in [1.807, 2.05) is 18.2 Å². The fourth-order valence-electron chi connectivity index (χ4n) is 3.44. The summed E-state index contributed by atoms with van der Waals surface area (Å²) in [7, 11) is 0. The molecule has 2 aliphatic rings. The van der Waals surface area contributed by atoms with Crippen LogP contribution >= 0.6 is 0 Å². The molecule has 2 heterocycles. The smallest absolute Gasteiger partial charge is 0.243 e. The zero-order valence-corrected chi connectivity index (χ0v) is 14.5. The van der Waals surface area contributed by atoms with E-state index in [1.54, 1.807) is 4.90 Å². The number of carbonyl (C=O) groups is 3. The standard InChI is InChI=1S/C18H24N4O3/c1-14(23)22-8-7-19-18(25)16(22)13-17(24)21-11-9-20(10-12-21)15-5-3-2-4-6-15/h2-6,16H,7-13H2,1H3,(H,19,25)/t16-/m1/s1. The number of anilines is 1. The zero-order valence-electron chi connectivity index (χ0n) is 14.5. The monoisotopic (exact) mass is 344 g/mol. The van der Waals surface area contributed by atoms with E-state index in [9.17, 15) is 14.4 Å². The lowest BCUT2D eigenvalue weighted by Gasteiger charge is -2.38. The van der Waals surface area contributed by atoms with E-state index in [4.69, 9.17) is 0 Å². The average molecular weight is 344 g/mol. The number of rotatable bonds is 3. The first kappa shape index (κ1) is 17.3. The molecule has 2 fully saturated rings. The van der Waals surface area contributed by atoms with Crippen molar-refractivity contribution in [2.45, 2.75) is 19.4 Å². The number of carbonyl (C=O) groups excluding carboxylic acids is 3. The molecule has 1 aromatic rings.